The Bertz CT molecular complexity index is 1020. The van der Waals surface area contributed by atoms with Crippen molar-refractivity contribution in [1.82, 2.24) is 4.72 Å². The zero-order valence-electron chi connectivity index (χ0n) is 14.1. The molecule has 0 saturated heterocycles. The van der Waals surface area contributed by atoms with E-state index < -0.39 is 16.0 Å². The number of nitriles is 1. The van der Waals surface area contributed by atoms with E-state index in [0.717, 1.165) is 5.56 Å². The van der Waals surface area contributed by atoms with E-state index in [9.17, 15) is 18.0 Å². The average molecular weight is 384 g/mol. The van der Waals surface area contributed by atoms with Gasteiger partial charge in [-0.2, -0.15) is 5.26 Å². The van der Waals surface area contributed by atoms with Crippen LogP contribution in [-0.4, -0.2) is 31.8 Å². The molecule has 0 saturated carbocycles. The lowest BCUT2D eigenvalue weighted by Crippen LogP contribution is -2.26. The maximum Gasteiger partial charge on any atom is 0.304 e. The molecule has 0 aliphatic carbocycles. The first-order valence-corrected chi connectivity index (χ1v) is 9.34. The molecule has 2 N–H and O–H groups in total. The second-order valence-electron chi connectivity index (χ2n) is 5.50. The highest BCUT2D eigenvalue weighted by Crippen LogP contribution is 2.13. The predicted octanol–water partition coefficient (Wildman–Crippen LogP) is 2.21. The number of hydrogen-bond acceptors (Lipinski definition) is 5. The normalized spacial score (nSPS) is 11.2. The van der Waals surface area contributed by atoms with E-state index in [1.807, 2.05) is 6.07 Å². The Balaban J connectivity index is 2.13. The smallest absolute Gasteiger partial charge is 0.304 e. The first-order valence-electron chi connectivity index (χ1n) is 7.86. The van der Waals surface area contributed by atoms with E-state index in [1.54, 1.807) is 30.3 Å². The topological polar surface area (TPSA) is 124 Å². The maximum atomic E-state index is 12.3. The molecule has 0 unspecified atom stereocenters. The number of nitrogens with zero attached hydrogens (tertiary/aromatic N) is 1. The summed E-state index contributed by atoms with van der Waals surface area (Å²) < 4.78 is 26.5. The molecule has 0 spiro atoms. The van der Waals surface area contributed by atoms with Gasteiger partial charge in [0.1, 0.15) is 0 Å². The Morgan fingerprint density at radius 2 is 1.85 bits per heavy atom. The number of rotatable bonds is 8. The van der Waals surface area contributed by atoms with Gasteiger partial charge in [-0.05, 0) is 35.9 Å². The molecule has 27 heavy (non-hydrogen) atoms. The average Bonchev–Trinajstić information content (AvgIpc) is 2.66. The van der Waals surface area contributed by atoms with Crippen LogP contribution in [0.5, 0.6) is 0 Å². The van der Waals surface area contributed by atoms with Crippen molar-refractivity contribution >= 4 is 27.9 Å². The number of allylic oxidation sites excluding steroid dienone is 1. The minimum atomic E-state index is -3.91. The Morgan fingerprint density at radius 3 is 2.48 bits per heavy atom. The maximum absolute atomic E-state index is 12.3. The third-order valence-corrected chi connectivity index (χ3v) is 4.99. The molecule has 7 nitrogen and oxygen atoms in total. The molecular formula is C19H16N2O5S. The lowest BCUT2D eigenvalue weighted by Gasteiger charge is -2.06. The van der Waals surface area contributed by atoms with Crippen LogP contribution in [0.3, 0.4) is 0 Å². The minimum absolute atomic E-state index is 0.120. The lowest BCUT2D eigenvalue weighted by molar-refractivity contribution is -0.136. The lowest BCUT2D eigenvalue weighted by atomic mass is 10.1. The number of sulfonamides is 1. The number of aliphatic carboxylic acids is 1. The zero-order valence-corrected chi connectivity index (χ0v) is 14.9. The Morgan fingerprint density at radius 1 is 1.15 bits per heavy atom. The number of carbonyl (C=O) groups is 2. The number of carboxylic acid groups (broad SMARTS) is 1. The van der Waals surface area contributed by atoms with E-state index >= 15 is 0 Å². The van der Waals surface area contributed by atoms with E-state index in [1.165, 1.54) is 30.3 Å². The Hall–Kier alpha value is -3.28. The fourth-order valence-corrected chi connectivity index (χ4v) is 3.21. The van der Waals surface area contributed by atoms with Crippen molar-refractivity contribution in [3.05, 3.63) is 71.3 Å². The third-order valence-electron chi connectivity index (χ3n) is 3.53. The highest BCUT2D eigenvalue weighted by molar-refractivity contribution is 7.89. The molecule has 0 aliphatic rings. The summed E-state index contributed by atoms with van der Waals surface area (Å²) in [4.78, 5) is 22.7. The molecule has 2 aromatic carbocycles. The summed E-state index contributed by atoms with van der Waals surface area (Å²) in [6.45, 7) is -0.242. The van der Waals surface area contributed by atoms with Crippen LogP contribution in [0.15, 0.2) is 59.5 Å². The van der Waals surface area contributed by atoms with E-state index in [4.69, 9.17) is 10.4 Å². The van der Waals surface area contributed by atoms with Gasteiger partial charge >= 0.3 is 5.97 Å². The molecule has 0 radical (unpaired) electrons. The molecular weight excluding hydrogens is 368 g/mol. The molecule has 2 aromatic rings. The van der Waals surface area contributed by atoms with Crippen LogP contribution in [0.2, 0.25) is 0 Å². The van der Waals surface area contributed by atoms with Crippen LogP contribution in [0.25, 0.3) is 6.08 Å². The first-order chi connectivity index (χ1) is 12.8. The molecule has 138 valence electrons. The van der Waals surface area contributed by atoms with E-state index in [0.29, 0.717) is 5.56 Å². The molecule has 8 heteroatoms. The van der Waals surface area contributed by atoms with Crippen molar-refractivity contribution in [2.45, 2.75) is 11.3 Å². The van der Waals surface area contributed by atoms with Gasteiger partial charge < -0.3 is 5.11 Å². The SMILES string of the molecule is N#Cc1ccc(C=CC(=O)c2cccc(S(=O)(=O)NCCC(=O)O)c2)cc1. The van der Waals surface area contributed by atoms with E-state index in [-0.39, 0.29) is 29.2 Å². The van der Waals surface area contributed by atoms with Crippen molar-refractivity contribution < 1.29 is 23.1 Å². The van der Waals surface area contributed by atoms with Gasteiger partial charge in [0.05, 0.1) is 22.9 Å². The van der Waals surface area contributed by atoms with Crippen LogP contribution in [0, 0.1) is 11.3 Å². The minimum Gasteiger partial charge on any atom is -0.481 e. The van der Waals surface area contributed by atoms with E-state index in [2.05, 4.69) is 4.72 Å². The standard InChI is InChI=1S/C19H16N2O5S/c20-13-15-6-4-14(5-7-15)8-9-18(22)16-2-1-3-17(12-16)27(25,26)21-11-10-19(23)24/h1-9,12,21H,10-11H2,(H,23,24). The van der Waals surface area contributed by atoms with Crippen molar-refractivity contribution in [3.63, 3.8) is 0 Å². The van der Waals surface area contributed by atoms with Crippen LogP contribution < -0.4 is 4.72 Å². The summed E-state index contributed by atoms with van der Waals surface area (Å²) in [6.07, 6.45) is 2.53. The quantitative estimate of drug-likeness (QED) is 0.531. The van der Waals surface area contributed by atoms with Crippen LogP contribution in [-0.2, 0) is 14.8 Å². The number of hydrogen-bond donors (Lipinski definition) is 2. The summed E-state index contributed by atoms with van der Waals surface area (Å²) in [7, 11) is -3.91. The van der Waals surface area contributed by atoms with Crippen molar-refractivity contribution in [1.29, 1.82) is 5.26 Å². The molecule has 2 rings (SSSR count). The second-order valence-corrected chi connectivity index (χ2v) is 7.27. The number of carboxylic acids is 1. The van der Waals surface area contributed by atoms with Gasteiger partial charge in [-0.15, -0.1) is 0 Å². The van der Waals surface area contributed by atoms with Gasteiger partial charge in [0.15, 0.2) is 5.78 Å². The second kappa shape index (κ2) is 8.89. The molecule has 0 heterocycles. The predicted molar refractivity (Wildman–Crippen MR) is 98.4 cm³/mol. The number of ketones is 1. The van der Waals surface area contributed by atoms with Crippen LogP contribution in [0.1, 0.15) is 27.9 Å². The highest BCUT2D eigenvalue weighted by atomic mass is 32.2. The first kappa shape index (κ1) is 20.0. The zero-order chi connectivity index (χ0) is 19.9. The number of nitrogens with one attached hydrogen (secondary N) is 1. The van der Waals surface area contributed by atoms with Gasteiger partial charge in [-0.25, -0.2) is 13.1 Å². The molecule has 0 atom stereocenters. The van der Waals surface area contributed by atoms with Crippen LogP contribution in [0.4, 0.5) is 0 Å². The molecule has 0 aromatic heterocycles. The fourth-order valence-electron chi connectivity index (χ4n) is 2.13. The van der Waals surface area contributed by atoms with Gasteiger partial charge in [0, 0.05) is 12.1 Å². The summed E-state index contributed by atoms with van der Waals surface area (Å²) in [5.74, 6) is -1.50. The van der Waals surface area contributed by atoms with Crippen molar-refractivity contribution in [2.75, 3.05) is 6.54 Å². The molecule has 0 fully saturated rings. The van der Waals surface area contributed by atoms with Gasteiger partial charge in [-0.3, -0.25) is 9.59 Å². The van der Waals surface area contributed by atoms with Crippen molar-refractivity contribution in [2.24, 2.45) is 0 Å². The van der Waals surface area contributed by atoms with Crippen LogP contribution >= 0.6 is 0 Å². The van der Waals surface area contributed by atoms with Gasteiger partial charge in [0.2, 0.25) is 10.0 Å². The molecule has 0 amide bonds. The Labute approximate surface area is 156 Å². The molecule has 0 aliphatic heterocycles. The van der Waals surface area contributed by atoms with Crippen molar-refractivity contribution in [3.8, 4) is 6.07 Å². The number of benzene rings is 2. The largest absolute Gasteiger partial charge is 0.481 e. The van der Waals surface area contributed by atoms with Gasteiger partial charge in [-0.1, -0.05) is 30.3 Å². The highest BCUT2D eigenvalue weighted by Gasteiger charge is 2.15. The summed E-state index contributed by atoms with van der Waals surface area (Å²) in [5.41, 5.74) is 1.41. The third kappa shape index (κ3) is 5.88. The summed E-state index contributed by atoms with van der Waals surface area (Å²) in [6, 6.07) is 14.1. The molecule has 0 bridgehead atoms. The monoisotopic (exact) mass is 384 g/mol. The Kier molecular flexibility index (Phi) is 6.60. The fraction of sp³-hybridized carbons (Fsp3) is 0.105. The summed E-state index contributed by atoms with van der Waals surface area (Å²) >= 11 is 0. The van der Waals surface area contributed by atoms with Gasteiger partial charge in [0.25, 0.3) is 0 Å². The summed E-state index contributed by atoms with van der Waals surface area (Å²) in [5, 5.41) is 17.3. The number of carbonyl (C=O) groups excluding carboxylic acids is 1.